The molecule has 0 unspecified atom stereocenters. The monoisotopic (exact) mass is 325 g/mol. The van der Waals surface area contributed by atoms with Gasteiger partial charge in [0.1, 0.15) is 17.8 Å². The molecule has 0 fully saturated rings. The minimum atomic E-state index is -0.425. The number of nitrogens with one attached hydrogen (secondary N) is 1. The summed E-state index contributed by atoms with van der Waals surface area (Å²) in [7, 11) is 0. The lowest BCUT2D eigenvalue weighted by Crippen LogP contribution is -2.17. The normalized spacial score (nSPS) is 10.8. The molecule has 1 N–H and O–H groups in total. The van der Waals surface area contributed by atoms with Crippen molar-refractivity contribution < 1.29 is 9.18 Å². The molecular formula is C17H16FN5O. The maximum absolute atomic E-state index is 13.3. The summed E-state index contributed by atoms with van der Waals surface area (Å²) in [6.07, 6.45) is 4.87. The average molecular weight is 325 g/mol. The first-order valence-corrected chi connectivity index (χ1v) is 7.47. The van der Waals surface area contributed by atoms with Gasteiger partial charge in [0.15, 0.2) is 0 Å². The molecule has 0 bridgehead atoms. The Labute approximate surface area is 138 Å². The number of amides is 1. The molecule has 0 spiro atoms. The Hall–Kier alpha value is -3.09. The van der Waals surface area contributed by atoms with E-state index in [9.17, 15) is 9.18 Å². The summed E-state index contributed by atoms with van der Waals surface area (Å²) in [6, 6.07) is 7.34. The van der Waals surface area contributed by atoms with Gasteiger partial charge in [-0.1, -0.05) is 19.9 Å². The van der Waals surface area contributed by atoms with Crippen LogP contribution < -0.4 is 5.32 Å². The third kappa shape index (κ3) is 3.45. The van der Waals surface area contributed by atoms with Gasteiger partial charge in [-0.2, -0.15) is 0 Å². The Morgan fingerprint density at radius 1 is 1.25 bits per heavy atom. The highest BCUT2D eigenvalue weighted by Gasteiger charge is 2.15. The van der Waals surface area contributed by atoms with E-state index in [2.05, 4.69) is 20.3 Å². The van der Waals surface area contributed by atoms with Crippen molar-refractivity contribution in [3.05, 3.63) is 66.3 Å². The van der Waals surface area contributed by atoms with Crippen molar-refractivity contribution in [2.45, 2.75) is 19.8 Å². The Balaban J connectivity index is 1.95. The van der Waals surface area contributed by atoms with Crippen LogP contribution in [0.15, 0.2) is 49.1 Å². The molecule has 6 nitrogen and oxygen atoms in total. The van der Waals surface area contributed by atoms with Crippen LogP contribution in [0.1, 0.15) is 35.9 Å². The highest BCUT2D eigenvalue weighted by atomic mass is 19.1. The number of carbonyl (C=O) groups is 1. The van der Waals surface area contributed by atoms with Gasteiger partial charge < -0.3 is 5.32 Å². The highest BCUT2D eigenvalue weighted by Crippen LogP contribution is 2.16. The maximum Gasteiger partial charge on any atom is 0.274 e. The number of aromatic nitrogens is 4. The molecule has 0 atom stereocenters. The van der Waals surface area contributed by atoms with Gasteiger partial charge in [-0.3, -0.25) is 9.36 Å². The SMILES string of the molecule is CC(C)c1cc(C(=O)Nc2cccc(F)c2)nc(-n2ccnc2)n1. The second-order valence-corrected chi connectivity index (χ2v) is 5.57. The van der Waals surface area contributed by atoms with Crippen molar-refractivity contribution in [2.24, 2.45) is 0 Å². The van der Waals surface area contributed by atoms with Crippen LogP contribution in [0.2, 0.25) is 0 Å². The number of rotatable bonds is 4. The molecule has 0 saturated carbocycles. The van der Waals surface area contributed by atoms with Gasteiger partial charge in [0.25, 0.3) is 5.91 Å². The summed E-state index contributed by atoms with van der Waals surface area (Å²) in [6.45, 7) is 3.96. The molecule has 7 heteroatoms. The summed E-state index contributed by atoms with van der Waals surface area (Å²) in [5, 5.41) is 2.64. The molecule has 0 aliphatic rings. The predicted octanol–water partition coefficient (Wildman–Crippen LogP) is 3.18. The smallest absolute Gasteiger partial charge is 0.274 e. The standard InChI is InChI=1S/C17H16FN5O/c1-11(2)14-9-15(22-17(21-14)23-7-6-19-10-23)16(24)20-13-5-3-4-12(18)8-13/h3-11H,1-2H3,(H,20,24). The average Bonchev–Trinajstić information content (AvgIpc) is 3.09. The number of hydrogen-bond donors (Lipinski definition) is 1. The number of halogens is 1. The fourth-order valence-corrected chi connectivity index (χ4v) is 2.12. The number of carbonyl (C=O) groups excluding carboxylic acids is 1. The predicted molar refractivity (Wildman–Crippen MR) is 87.6 cm³/mol. The number of hydrogen-bond acceptors (Lipinski definition) is 4. The molecule has 2 aromatic heterocycles. The summed E-state index contributed by atoms with van der Waals surface area (Å²) in [5.74, 6) is -0.359. The van der Waals surface area contributed by atoms with Gasteiger partial charge in [-0.25, -0.2) is 19.3 Å². The number of anilines is 1. The van der Waals surface area contributed by atoms with Gasteiger partial charge >= 0.3 is 0 Å². The Kier molecular flexibility index (Phi) is 4.33. The van der Waals surface area contributed by atoms with Crippen LogP contribution >= 0.6 is 0 Å². The third-order valence-corrected chi connectivity index (χ3v) is 3.38. The van der Waals surface area contributed by atoms with Crippen molar-refractivity contribution in [2.75, 3.05) is 5.32 Å². The van der Waals surface area contributed by atoms with Crippen molar-refractivity contribution in [1.82, 2.24) is 19.5 Å². The zero-order valence-corrected chi connectivity index (χ0v) is 13.3. The fourth-order valence-electron chi connectivity index (χ4n) is 2.12. The van der Waals surface area contributed by atoms with Gasteiger partial charge in [0, 0.05) is 23.8 Å². The minimum Gasteiger partial charge on any atom is -0.321 e. The lowest BCUT2D eigenvalue weighted by atomic mass is 10.1. The zero-order valence-electron chi connectivity index (χ0n) is 13.3. The lowest BCUT2D eigenvalue weighted by molar-refractivity contribution is 0.102. The Bertz CT molecular complexity index is 861. The van der Waals surface area contributed by atoms with E-state index in [0.29, 0.717) is 11.6 Å². The van der Waals surface area contributed by atoms with E-state index in [4.69, 9.17) is 0 Å². The summed E-state index contributed by atoms with van der Waals surface area (Å²) in [5.41, 5.74) is 1.31. The van der Waals surface area contributed by atoms with Gasteiger partial charge in [0.2, 0.25) is 5.95 Å². The largest absolute Gasteiger partial charge is 0.321 e. The summed E-state index contributed by atoms with van der Waals surface area (Å²) in [4.78, 5) is 25.2. The van der Waals surface area contributed by atoms with Gasteiger partial charge in [-0.05, 0) is 30.2 Å². The lowest BCUT2D eigenvalue weighted by Gasteiger charge is -2.11. The molecule has 0 saturated heterocycles. The van der Waals surface area contributed by atoms with Crippen LogP contribution in [0.4, 0.5) is 10.1 Å². The first-order valence-electron chi connectivity index (χ1n) is 7.47. The van der Waals surface area contributed by atoms with Crippen LogP contribution in [-0.4, -0.2) is 25.4 Å². The highest BCUT2D eigenvalue weighted by molar-refractivity contribution is 6.03. The number of benzene rings is 1. The maximum atomic E-state index is 13.3. The van der Waals surface area contributed by atoms with Crippen molar-refractivity contribution in [1.29, 1.82) is 0 Å². The molecule has 1 amide bonds. The van der Waals surface area contributed by atoms with Crippen molar-refractivity contribution in [3.8, 4) is 5.95 Å². The molecule has 3 rings (SSSR count). The Morgan fingerprint density at radius 2 is 2.08 bits per heavy atom. The van der Waals surface area contributed by atoms with E-state index >= 15 is 0 Å². The van der Waals surface area contributed by atoms with Crippen LogP contribution in [0, 0.1) is 5.82 Å². The van der Waals surface area contributed by atoms with Crippen LogP contribution in [0.3, 0.4) is 0 Å². The molecule has 24 heavy (non-hydrogen) atoms. The summed E-state index contributed by atoms with van der Waals surface area (Å²) >= 11 is 0. The van der Waals surface area contributed by atoms with Crippen molar-refractivity contribution in [3.63, 3.8) is 0 Å². The first-order chi connectivity index (χ1) is 11.5. The van der Waals surface area contributed by atoms with E-state index in [1.165, 1.54) is 18.2 Å². The zero-order chi connectivity index (χ0) is 17.1. The third-order valence-electron chi connectivity index (χ3n) is 3.38. The van der Waals surface area contributed by atoms with E-state index in [1.54, 1.807) is 35.4 Å². The van der Waals surface area contributed by atoms with E-state index in [-0.39, 0.29) is 11.6 Å². The minimum absolute atomic E-state index is 0.121. The molecule has 0 aliphatic carbocycles. The van der Waals surface area contributed by atoms with Crippen LogP contribution in [0.25, 0.3) is 5.95 Å². The molecule has 122 valence electrons. The summed E-state index contributed by atoms with van der Waals surface area (Å²) < 4.78 is 14.9. The van der Waals surface area contributed by atoms with Gasteiger partial charge in [-0.15, -0.1) is 0 Å². The topological polar surface area (TPSA) is 72.7 Å². The second-order valence-electron chi connectivity index (χ2n) is 5.57. The molecule has 1 aromatic carbocycles. The van der Waals surface area contributed by atoms with Crippen LogP contribution in [0.5, 0.6) is 0 Å². The van der Waals surface area contributed by atoms with Gasteiger partial charge in [0.05, 0.1) is 0 Å². The molecule has 2 heterocycles. The number of imidazole rings is 1. The second kappa shape index (κ2) is 6.57. The van der Waals surface area contributed by atoms with E-state index < -0.39 is 11.7 Å². The fraction of sp³-hybridized carbons (Fsp3) is 0.176. The Morgan fingerprint density at radius 3 is 2.75 bits per heavy atom. The van der Waals surface area contributed by atoms with Crippen molar-refractivity contribution >= 4 is 11.6 Å². The number of nitrogens with zero attached hydrogens (tertiary/aromatic N) is 4. The van der Waals surface area contributed by atoms with E-state index in [1.807, 2.05) is 13.8 Å². The molecular weight excluding hydrogens is 309 g/mol. The quantitative estimate of drug-likeness (QED) is 0.799. The molecule has 3 aromatic rings. The van der Waals surface area contributed by atoms with Crippen LogP contribution in [-0.2, 0) is 0 Å². The van der Waals surface area contributed by atoms with E-state index in [0.717, 1.165) is 5.69 Å². The molecule has 0 radical (unpaired) electrons. The first kappa shape index (κ1) is 15.8. The molecule has 0 aliphatic heterocycles.